The van der Waals surface area contributed by atoms with Crippen molar-refractivity contribution in [3.05, 3.63) is 91.0 Å². The molecule has 0 aliphatic rings. The summed E-state index contributed by atoms with van der Waals surface area (Å²) in [6.07, 6.45) is 0.639. The molecule has 3 aromatic rings. The molecular weight excluding hydrogens is 327 g/mol. The zero-order valence-electron chi connectivity index (χ0n) is 14.3. The first kappa shape index (κ1) is 17.4. The first-order valence-corrected chi connectivity index (χ1v) is 10.7. The number of rotatable bonds is 6. The molecule has 0 aliphatic carbocycles. The van der Waals surface area contributed by atoms with E-state index in [1.54, 1.807) is 0 Å². The van der Waals surface area contributed by atoms with Crippen LogP contribution in [0.25, 0.3) is 0 Å². The minimum absolute atomic E-state index is 0.410. The quantitative estimate of drug-likeness (QED) is 0.692. The fourth-order valence-electron chi connectivity index (χ4n) is 3.57. The van der Waals surface area contributed by atoms with E-state index in [0.717, 1.165) is 0 Å². The van der Waals surface area contributed by atoms with Crippen molar-refractivity contribution < 1.29 is 9.90 Å². The van der Waals surface area contributed by atoms with Gasteiger partial charge in [0.05, 0.1) is 0 Å². The Morgan fingerprint density at radius 1 is 0.760 bits per heavy atom. The molecule has 3 heteroatoms. The van der Waals surface area contributed by atoms with Crippen LogP contribution in [0.1, 0.15) is 6.92 Å². The van der Waals surface area contributed by atoms with Gasteiger partial charge in [0.2, 0.25) is 0 Å². The summed E-state index contributed by atoms with van der Waals surface area (Å²) in [5, 5.41) is 13.4. The van der Waals surface area contributed by atoms with Crippen molar-refractivity contribution in [1.82, 2.24) is 0 Å². The molecule has 0 spiro atoms. The monoisotopic (exact) mass is 350 g/mol. The van der Waals surface area contributed by atoms with E-state index in [-0.39, 0.29) is 0 Å². The minimum atomic E-state index is -2.43. The zero-order chi connectivity index (χ0) is 17.7. The van der Waals surface area contributed by atoms with Gasteiger partial charge in [0.15, 0.2) is 0 Å². The van der Waals surface area contributed by atoms with E-state index in [9.17, 15) is 9.90 Å². The van der Waals surface area contributed by atoms with Crippen LogP contribution in [0.5, 0.6) is 0 Å². The van der Waals surface area contributed by atoms with Crippen LogP contribution in [0.15, 0.2) is 91.0 Å². The van der Waals surface area contributed by atoms with Gasteiger partial charge in [-0.2, -0.15) is 0 Å². The molecule has 0 fully saturated rings. The van der Waals surface area contributed by atoms with Gasteiger partial charge in [-0.15, -0.1) is 0 Å². The Morgan fingerprint density at radius 3 is 1.36 bits per heavy atom. The molecule has 128 valence electrons. The molecule has 3 rings (SSSR count). The standard InChI is InChI=1S/C22H23O2P/c1-18(22(23)24)17-25(19-11-5-2-6-12-19,20-13-7-3-8-14-20)21-15-9-4-10-16-21/h2-16,18,25H,17H2,1H3,(H,23,24). The molecule has 0 bridgehead atoms. The van der Waals surface area contributed by atoms with E-state index in [0.29, 0.717) is 6.16 Å². The number of aliphatic carboxylic acids is 1. The van der Waals surface area contributed by atoms with E-state index in [1.165, 1.54) is 15.9 Å². The molecule has 0 saturated heterocycles. The Morgan fingerprint density at radius 2 is 1.08 bits per heavy atom. The van der Waals surface area contributed by atoms with E-state index >= 15 is 0 Å². The molecule has 3 aromatic carbocycles. The number of carbonyl (C=O) groups is 1. The summed E-state index contributed by atoms with van der Waals surface area (Å²) in [6.45, 7) is 1.82. The molecule has 0 aromatic heterocycles. The second kappa shape index (κ2) is 7.63. The Hall–Kier alpha value is -2.44. The van der Waals surface area contributed by atoms with E-state index < -0.39 is 19.1 Å². The third-order valence-corrected chi connectivity index (χ3v) is 10.0. The maximum atomic E-state index is 11.7. The van der Waals surface area contributed by atoms with Crippen LogP contribution in [0.4, 0.5) is 0 Å². The van der Waals surface area contributed by atoms with Gasteiger partial charge in [0.1, 0.15) is 0 Å². The van der Waals surface area contributed by atoms with Crippen molar-refractivity contribution in [3.63, 3.8) is 0 Å². The Bertz CT molecular complexity index is 720. The summed E-state index contributed by atoms with van der Waals surface area (Å²) >= 11 is 0. The van der Waals surface area contributed by atoms with Crippen molar-refractivity contribution in [2.24, 2.45) is 5.92 Å². The van der Waals surface area contributed by atoms with Gasteiger partial charge in [-0.25, -0.2) is 0 Å². The number of carboxylic acid groups (broad SMARTS) is 1. The van der Waals surface area contributed by atoms with Crippen LogP contribution in [0.3, 0.4) is 0 Å². The van der Waals surface area contributed by atoms with Gasteiger partial charge in [0.25, 0.3) is 0 Å². The predicted octanol–water partition coefficient (Wildman–Crippen LogP) is 3.43. The SMILES string of the molecule is CC(C[PH](c1ccccc1)(c1ccccc1)c1ccccc1)C(=O)O. The second-order valence-electron chi connectivity index (χ2n) is 6.45. The molecule has 0 aliphatic heterocycles. The number of hydrogen-bond acceptors (Lipinski definition) is 1. The van der Waals surface area contributed by atoms with Crippen LogP contribution in [-0.4, -0.2) is 17.2 Å². The molecular formula is C22H23O2P. The Labute approximate surface area is 149 Å². The fourth-order valence-corrected chi connectivity index (χ4v) is 8.65. The molecule has 0 heterocycles. The summed E-state index contributed by atoms with van der Waals surface area (Å²) < 4.78 is 0. The third-order valence-electron chi connectivity index (χ3n) is 4.83. The van der Waals surface area contributed by atoms with Crippen molar-refractivity contribution >= 4 is 29.1 Å². The normalized spacial score (nSPS) is 13.2. The van der Waals surface area contributed by atoms with Gasteiger partial charge in [-0.1, -0.05) is 0 Å². The molecule has 0 saturated carbocycles. The molecule has 1 N–H and O–H groups in total. The van der Waals surface area contributed by atoms with Crippen molar-refractivity contribution in [3.8, 4) is 0 Å². The van der Waals surface area contributed by atoms with Crippen LogP contribution >= 0.6 is 7.26 Å². The molecule has 1 unspecified atom stereocenters. The summed E-state index contributed by atoms with van der Waals surface area (Å²) in [5.41, 5.74) is 0. The van der Waals surface area contributed by atoms with Gasteiger partial charge in [-0.3, -0.25) is 0 Å². The number of benzene rings is 3. The molecule has 1 atom stereocenters. The van der Waals surface area contributed by atoms with Crippen LogP contribution in [0.2, 0.25) is 0 Å². The average molecular weight is 350 g/mol. The summed E-state index contributed by atoms with van der Waals surface area (Å²) in [7, 11) is -2.43. The van der Waals surface area contributed by atoms with Crippen LogP contribution < -0.4 is 15.9 Å². The zero-order valence-corrected chi connectivity index (χ0v) is 15.3. The van der Waals surface area contributed by atoms with Crippen LogP contribution in [-0.2, 0) is 4.79 Å². The molecule has 0 radical (unpaired) electrons. The van der Waals surface area contributed by atoms with Gasteiger partial charge >= 0.3 is 149 Å². The fraction of sp³-hybridized carbons (Fsp3) is 0.136. The van der Waals surface area contributed by atoms with Crippen molar-refractivity contribution in [2.45, 2.75) is 6.92 Å². The Kier molecular flexibility index (Phi) is 5.31. The number of hydrogen-bond donors (Lipinski definition) is 1. The molecule has 25 heavy (non-hydrogen) atoms. The predicted molar refractivity (Wildman–Crippen MR) is 108 cm³/mol. The van der Waals surface area contributed by atoms with E-state index in [2.05, 4.69) is 36.4 Å². The van der Waals surface area contributed by atoms with Gasteiger partial charge < -0.3 is 0 Å². The van der Waals surface area contributed by atoms with Crippen molar-refractivity contribution in [1.29, 1.82) is 0 Å². The first-order valence-electron chi connectivity index (χ1n) is 8.54. The second-order valence-corrected chi connectivity index (χ2v) is 10.4. The van der Waals surface area contributed by atoms with E-state index in [1.807, 2.05) is 61.5 Å². The third kappa shape index (κ3) is 3.50. The summed E-state index contributed by atoms with van der Waals surface area (Å²) in [4.78, 5) is 11.7. The summed E-state index contributed by atoms with van der Waals surface area (Å²) in [6, 6.07) is 31.3. The van der Waals surface area contributed by atoms with Gasteiger partial charge in [-0.05, 0) is 0 Å². The average Bonchev–Trinajstić information content (AvgIpc) is 2.68. The summed E-state index contributed by atoms with van der Waals surface area (Å²) in [5.74, 6) is -1.15. The number of carboxylic acids is 1. The Balaban J connectivity index is 2.29. The topological polar surface area (TPSA) is 37.3 Å². The first-order chi connectivity index (χ1) is 12.1. The molecule has 0 amide bonds. The van der Waals surface area contributed by atoms with E-state index in [4.69, 9.17) is 0 Å². The molecule has 2 nitrogen and oxygen atoms in total. The van der Waals surface area contributed by atoms with Crippen LogP contribution in [0, 0.1) is 5.92 Å². The van der Waals surface area contributed by atoms with Crippen molar-refractivity contribution in [2.75, 3.05) is 6.16 Å². The maximum absolute atomic E-state index is 11.7. The van der Waals surface area contributed by atoms with Gasteiger partial charge in [0, 0.05) is 0 Å².